The highest BCUT2D eigenvalue weighted by molar-refractivity contribution is 6.07. The average molecular weight is 408 g/mol. The molecule has 0 aromatic heterocycles. The molecule has 6 nitrogen and oxygen atoms in total. The number of benzene rings is 2. The second kappa shape index (κ2) is 7.72. The summed E-state index contributed by atoms with van der Waals surface area (Å²) in [6.45, 7) is 2.21. The van der Waals surface area contributed by atoms with E-state index in [1.54, 1.807) is 11.1 Å². The Morgan fingerprint density at radius 1 is 1.20 bits per heavy atom. The summed E-state index contributed by atoms with van der Waals surface area (Å²) in [6.07, 6.45) is 1.84. The van der Waals surface area contributed by atoms with E-state index >= 15 is 0 Å². The summed E-state index contributed by atoms with van der Waals surface area (Å²) < 4.78 is 19.9. The molecule has 1 N–H and O–H groups in total. The van der Waals surface area contributed by atoms with Crippen molar-refractivity contribution in [1.82, 2.24) is 15.2 Å². The molecule has 5 rings (SSSR count). The highest BCUT2D eigenvalue weighted by atomic mass is 19.1. The molecule has 1 fully saturated rings. The molecule has 2 atom stereocenters. The van der Waals surface area contributed by atoms with Crippen molar-refractivity contribution in [2.75, 3.05) is 26.7 Å². The summed E-state index contributed by atoms with van der Waals surface area (Å²) in [5, 5.41) is 9.69. The number of urea groups is 1. The number of amides is 2. The lowest BCUT2D eigenvalue weighted by molar-refractivity contribution is 0.114. The molecule has 0 spiro atoms. The van der Waals surface area contributed by atoms with Crippen molar-refractivity contribution in [2.45, 2.75) is 24.9 Å². The van der Waals surface area contributed by atoms with Crippen LogP contribution in [0.5, 0.6) is 5.75 Å². The van der Waals surface area contributed by atoms with Gasteiger partial charge in [-0.3, -0.25) is 0 Å². The van der Waals surface area contributed by atoms with E-state index in [0.717, 1.165) is 37.2 Å². The minimum Gasteiger partial charge on any atom is -0.492 e. The predicted octanol–water partition coefficient (Wildman–Crippen LogP) is 3.40. The second-order valence-electron chi connectivity index (χ2n) is 8.12. The zero-order valence-electron chi connectivity index (χ0n) is 16.9. The van der Waals surface area contributed by atoms with Gasteiger partial charge < -0.3 is 15.0 Å². The molecule has 3 heterocycles. The largest absolute Gasteiger partial charge is 0.492 e. The number of rotatable bonds is 2. The summed E-state index contributed by atoms with van der Waals surface area (Å²) >= 11 is 0. The topological polar surface area (TPSA) is 57.2 Å². The van der Waals surface area contributed by atoms with Crippen molar-refractivity contribution in [3.8, 4) is 5.75 Å². The van der Waals surface area contributed by atoms with Gasteiger partial charge in [0, 0.05) is 18.7 Å². The third kappa shape index (κ3) is 3.23. The molecule has 7 heteroatoms. The molecule has 0 radical (unpaired) electrons. The first-order chi connectivity index (χ1) is 14.6. The fourth-order valence-corrected chi connectivity index (χ4v) is 4.70. The van der Waals surface area contributed by atoms with Gasteiger partial charge in [-0.05, 0) is 49.7 Å². The van der Waals surface area contributed by atoms with Crippen molar-refractivity contribution >= 4 is 11.7 Å². The molecule has 2 aromatic carbocycles. The van der Waals surface area contributed by atoms with Gasteiger partial charge in [-0.25, -0.2) is 14.2 Å². The lowest BCUT2D eigenvalue weighted by Crippen LogP contribution is -2.48. The molecule has 3 aliphatic rings. The third-order valence-electron chi connectivity index (χ3n) is 6.34. The molecule has 1 saturated heterocycles. The van der Waals surface area contributed by atoms with E-state index in [0.29, 0.717) is 17.9 Å². The first-order valence-electron chi connectivity index (χ1n) is 10.5. The van der Waals surface area contributed by atoms with Crippen LogP contribution in [0.25, 0.3) is 0 Å². The Bertz CT molecular complexity index is 974. The summed E-state index contributed by atoms with van der Waals surface area (Å²) in [7, 11) is 1.85. The Labute approximate surface area is 175 Å². The van der Waals surface area contributed by atoms with Crippen LogP contribution in [-0.4, -0.2) is 54.4 Å². The number of ether oxygens (including phenoxy) is 1. The van der Waals surface area contributed by atoms with Gasteiger partial charge in [0.25, 0.3) is 0 Å². The molecule has 2 unspecified atom stereocenters. The van der Waals surface area contributed by atoms with Gasteiger partial charge in [-0.2, -0.15) is 5.10 Å². The maximum absolute atomic E-state index is 14.0. The number of carbonyl (C=O) groups is 1. The Kier molecular flexibility index (Phi) is 4.90. The van der Waals surface area contributed by atoms with Crippen molar-refractivity contribution < 1.29 is 13.9 Å². The van der Waals surface area contributed by atoms with E-state index < -0.39 is 0 Å². The van der Waals surface area contributed by atoms with E-state index in [9.17, 15) is 9.18 Å². The van der Waals surface area contributed by atoms with Crippen molar-refractivity contribution in [1.29, 1.82) is 0 Å². The maximum atomic E-state index is 14.0. The van der Waals surface area contributed by atoms with Crippen LogP contribution in [-0.2, 0) is 0 Å². The number of halogens is 1. The molecule has 2 aromatic rings. The van der Waals surface area contributed by atoms with Crippen LogP contribution in [0.1, 0.15) is 30.0 Å². The highest BCUT2D eigenvalue weighted by Crippen LogP contribution is 2.43. The van der Waals surface area contributed by atoms with Gasteiger partial charge in [0.1, 0.15) is 11.6 Å². The van der Waals surface area contributed by atoms with Crippen LogP contribution in [0.15, 0.2) is 53.6 Å². The fourth-order valence-electron chi connectivity index (χ4n) is 4.70. The summed E-state index contributed by atoms with van der Waals surface area (Å²) in [4.78, 5) is 15.4. The molecule has 0 aliphatic carbocycles. The molecule has 0 bridgehead atoms. The van der Waals surface area contributed by atoms with Crippen LogP contribution < -0.4 is 10.1 Å². The minimum absolute atomic E-state index is 0.129. The van der Waals surface area contributed by atoms with E-state index in [1.807, 2.05) is 42.3 Å². The number of hydrogen-bond donors (Lipinski definition) is 1. The Morgan fingerprint density at radius 2 is 1.97 bits per heavy atom. The molecule has 3 aliphatic heterocycles. The first-order valence-corrected chi connectivity index (χ1v) is 10.5. The van der Waals surface area contributed by atoms with E-state index in [4.69, 9.17) is 9.84 Å². The SMILES string of the molecule is CN(C(=O)N1N=C2c3cc(F)ccc3OCC2C1c1ccccc1)C1CCNCC1. The minimum atomic E-state index is -0.339. The fraction of sp³-hybridized carbons (Fsp3) is 0.391. The van der Waals surface area contributed by atoms with Gasteiger partial charge in [0.2, 0.25) is 0 Å². The summed E-state index contributed by atoms with van der Waals surface area (Å²) in [5.41, 5.74) is 2.35. The van der Waals surface area contributed by atoms with Crippen LogP contribution in [0.3, 0.4) is 0 Å². The quantitative estimate of drug-likeness (QED) is 0.829. The smallest absolute Gasteiger partial charge is 0.341 e. The van der Waals surface area contributed by atoms with Crippen molar-refractivity contribution in [3.05, 3.63) is 65.5 Å². The number of piperidine rings is 1. The molecular formula is C23H25FN4O2. The molecule has 156 valence electrons. The normalized spacial score (nSPS) is 23.3. The number of nitrogens with one attached hydrogen (secondary N) is 1. The lowest BCUT2D eigenvalue weighted by Gasteiger charge is -2.36. The number of hydrogen-bond acceptors (Lipinski definition) is 4. The van der Waals surface area contributed by atoms with Gasteiger partial charge in [0.05, 0.1) is 24.3 Å². The zero-order valence-corrected chi connectivity index (χ0v) is 16.9. The van der Waals surface area contributed by atoms with Gasteiger partial charge >= 0.3 is 6.03 Å². The Morgan fingerprint density at radius 3 is 2.73 bits per heavy atom. The van der Waals surface area contributed by atoms with Crippen LogP contribution in [0.2, 0.25) is 0 Å². The monoisotopic (exact) mass is 408 g/mol. The number of nitrogens with zero attached hydrogens (tertiary/aromatic N) is 3. The average Bonchev–Trinajstić information content (AvgIpc) is 3.19. The third-order valence-corrected chi connectivity index (χ3v) is 6.34. The van der Waals surface area contributed by atoms with Crippen molar-refractivity contribution in [3.63, 3.8) is 0 Å². The van der Waals surface area contributed by atoms with Crippen LogP contribution >= 0.6 is 0 Å². The number of carbonyl (C=O) groups excluding carboxylic acids is 1. The standard InChI is InChI=1S/C23H25FN4O2/c1-27(17-9-11-25-12-10-17)23(29)28-22(15-5-3-2-4-6-15)19-14-30-20-8-7-16(24)13-18(20)21(19)26-28/h2-8,13,17,19,22,25H,9-12,14H2,1H3. The summed E-state index contributed by atoms with van der Waals surface area (Å²) in [5.74, 6) is 0.125. The molecular weight excluding hydrogens is 383 g/mol. The zero-order chi connectivity index (χ0) is 20.7. The Balaban J connectivity index is 1.54. The van der Waals surface area contributed by atoms with E-state index in [-0.39, 0.29) is 29.8 Å². The Hall–Kier alpha value is -2.93. The van der Waals surface area contributed by atoms with E-state index in [2.05, 4.69) is 5.32 Å². The number of hydrazone groups is 1. The van der Waals surface area contributed by atoms with Crippen LogP contribution in [0, 0.1) is 11.7 Å². The van der Waals surface area contributed by atoms with Gasteiger partial charge in [0.15, 0.2) is 0 Å². The van der Waals surface area contributed by atoms with Gasteiger partial charge in [-0.15, -0.1) is 0 Å². The molecule has 30 heavy (non-hydrogen) atoms. The van der Waals surface area contributed by atoms with E-state index in [1.165, 1.54) is 12.1 Å². The highest BCUT2D eigenvalue weighted by Gasteiger charge is 2.46. The lowest BCUT2D eigenvalue weighted by atomic mass is 9.86. The first kappa shape index (κ1) is 19.1. The van der Waals surface area contributed by atoms with Gasteiger partial charge in [-0.1, -0.05) is 30.3 Å². The second-order valence-corrected chi connectivity index (χ2v) is 8.12. The molecule has 2 amide bonds. The van der Waals surface area contributed by atoms with Crippen LogP contribution in [0.4, 0.5) is 9.18 Å². The molecule has 0 saturated carbocycles. The maximum Gasteiger partial charge on any atom is 0.341 e. The predicted molar refractivity (Wildman–Crippen MR) is 112 cm³/mol. The number of fused-ring (bicyclic) bond motifs is 3. The summed E-state index contributed by atoms with van der Waals surface area (Å²) in [6, 6.07) is 14.1. The van der Waals surface area contributed by atoms with Crippen molar-refractivity contribution in [2.24, 2.45) is 11.0 Å².